The van der Waals surface area contributed by atoms with E-state index in [2.05, 4.69) is 5.32 Å². The van der Waals surface area contributed by atoms with Crippen LogP contribution >= 0.6 is 0 Å². The van der Waals surface area contributed by atoms with Gasteiger partial charge in [0.15, 0.2) is 0 Å². The second-order valence-corrected chi connectivity index (χ2v) is 7.11. The Morgan fingerprint density at radius 1 is 1.22 bits per heavy atom. The largest absolute Gasteiger partial charge is 0.375 e. The number of likely N-dealkylation sites (tertiary alicyclic amines) is 2. The van der Waals surface area contributed by atoms with Gasteiger partial charge in [0.1, 0.15) is 12.4 Å². The second-order valence-electron chi connectivity index (χ2n) is 7.11. The van der Waals surface area contributed by atoms with Crippen molar-refractivity contribution in [2.75, 3.05) is 39.9 Å². The summed E-state index contributed by atoms with van der Waals surface area (Å²) in [5, 5.41) is 2.52. The summed E-state index contributed by atoms with van der Waals surface area (Å²) >= 11 is 0. The zero-order valence-electron chi connectivity index (χ0n) is 15.5. The lowest BCUT2D eigenvalue weighted by Gasteiger charge is -2.30. The molecule has 3 amide bonds. The molecule has 3 rings (SSSR count). The van der Waals surface area contributed by atoms with Crippen LogP contribution in [0.15, 0.2) is 24.3 Å². The van der Waals surface area contributed by atoms with Gasteiger partial charge in [-0.05, 0) is 17.7 Å². The van der Waals surface area contributed by atoms with Crippen molar-refractivity contribution in [1.82, 2.24) is 15.1 Å². The highest BCUT2D eigenvalue weighted by Gasteiger charge is 2.49. The minimum Gasteiger partial charge on any atom is -0.375 e. The Morgan fingerprint density at radius 2 is 2.00 bits per heavy atom. The maximum Gasteiger partial charge on any atom is 0.249 e. The first-order valence-corrected chi connectivity index (χ1v) is 8.96. The van der Waals surface area contributed by atoms with E-state index in [9.17, 15) is 18.8 Å². The molecule has 2 aliphatic rings. The van der Waals surface area contributed by atoms with Crippen LogP contribution in [0.25, 0.3) is 0 Å². The molecule has 0 radical (unpaired) electrons. The van der Waals surface area contributed by atoms with Crippen molar-refractivity contribution in [3.8, 4) is 0 Å². The zero-order chi connectivity index (χ0) is 19.6. The van der Waals surface area contributed by atoms with Crippen molar-refractivity contribution in [2.45, 2.75) is 13.0 Å². The monoisotopic (exact) mass is 377 g/mol. The molecule has 1 N–H and O–H groups in total. The number of nitrogens with zero attached hydrogens (tertiary/aromatic N) is 2. The van der Waals surface area contributed by atoms with Crippen LogP contribution < -0.4 is 5.32 Å². The normalized spacial score (nSPS) is 24.0. The number of amides is 3. The van der Waals surface area contributed by atoms with E-state index in [0.717, 1.165) is 5.56 Å². The van der Waals surface area contributed by atoms with Gasteiger partial charge in [-0.2, -0.15) is 0 Å². The molecule has 2 heterocycles. The lowest BCUT2D eigenvalue weighted by atomic mass is 9.89. The molecule has 0 unspecified atom stereocenters. The topological polar surface area (TPSA) is 79.0 Å². The van der Waals surface area contributed by atoms with Crippen LogP contribution in [0.2, 0.25) is 0 Å². The van der Waals surface area contributed by atoms with Crippen molar-refractivity contribution >= 4 is 17.7 Å². The molecule has 146 valence electrons. The van der Waals surface area contributed by atoms with E-state index in [1.807, 2.05) is 6.07 Å². The van der Waals surface area contributed by atoms with E-state index in [4.69, 9.17) is 4.74 Å². The molecule has 3 atom stereocenters. The highest BCUT2D eigenvalue weighted by Crippen LogP contribution is 2.45. The lowest BCUT2D eigenvalue weighted by molar-refractivity contribution is -0.137. The van der Waals surface area contributed by atoms with Gasteiger partial charge in [-0.25, -0.2) is 4.39 Å². The Bertz CT molecular complexity index is 741. The first kappa shape index (κ1) is 19.3. The molecular formula is C19H24FN3O4. The minimum atomic E-state index is -0.355. The molecule has 27 heavy (non-hydrogen) atoms. The number of nitrogens with one attached hydrogen (secondary N) is 1. The Morgan fingerprint density at radius 3 is 2.67 bits per heavy atom. The number of halogens is 1. The van der Waals surface area contributed by atoms with Gasteiger partial charge in [-0.1, -0.05) is 12.1 Å². The van der Waals surface area contributed by atoms with E-state index in [0.29, 0.717) is 19.6 Å². The summed E-state index contributed by atoms with van der Waals surface area (Å²) < 4.78 is 18.8. The molecule has 1 aromatic carbocycles. The third kappa shape index (κ3) is 4.10. The molecule has 0 aromatic heterocycles. The number of methoxy groups -OCH3 is 1. The van der Waals surface area contributed by atoms with E-state index in [-0.39, 0.29) is 54.6 Å². The van der Waals surface area contributed by atoms with Crippen molar-refractivity contribution < 1.29 is 23.5 Å². The molecule has 7 nitrogen and oxygen atoms in total. The number of carbonyl (C=O) groups is 3. The van der Waals surface area contributed by atoms with E-state index < -0.39 is 0 Å². The molecule has 2 fully saturated rings. The van der Waals surface area contributed by atoms with Crippen molar-refractivity contribution in [3.63, 3.8) is 0 Å². The summed E-state index contributed by atoms with van der Waals surface area (Å²) in [6, 6.07) is 5.96. The third-order valence-electron chi connectivity index (χ3n) is 5.28. The van der Waals surface area contributed by atoms with Crippen molar-refractivity contribution in [1.29, 1.82) is 0 Å². The standard InChI is InChI=1S/C19H24FN3O4/c1-12(24)21-7-17(25)22-8-14-9-23(18(26)11-27-2)19(16(14)10-22)13-4-3-5-15(20)6-13/h3-6,14,16,19H,7-11H2,1-2H3,(H,21,24)/t14-,16-,19+/m1/s1. The first-order valence-electron chi connectivity index (χ1n) is 8.96. The summed E-state index contributed by atoms with van der Waals surface area (Å²) in [7, 11) is 1.47. The summed E-state index contributed by atoms with van der Waals surface area (Å²) in [5.41, 5.74) is 0.725. The zero-order valence-corrected chi connectivity index (χ0v) is 15.5. The number of hydrogen-bond acceptors (Lipinski definition) is 4. The second kappa shape index (κ2) is 8.04. The number of carbonyl (C=O) groups excluding carboxylic acids is 3. The highest BCUT2D eigenvalue weighted by molar-refractivity contribution is 5.84. The van der Waals surface area contributed by atoms with Crippen LogP contribution in [0.3, 0.4) is 0 Å². The van der Waals surface area contributed by atoms with E-state index in [1.54, 1.807) is 15.9 Å². The van der Waals surface area contributed by atoms with Gasteiger partial charge in [0, 0.05) is 45.5 Å². The van der Waals surface area contributed by atoms with E-state index in [1.165, 1.54) is 26.2 Å². The van der Waals surface area contributed by atoms with Gasteiger partial charge in [0.25, 0.3) is 0 Å². The quantitative estimate of drug-likeness (QED) is 0.814. The molecule has 8 heteroatoms. The molecule has 2 aliphatic heterocycles. The average Bonchev–Trinajstić information content (AvgIpc) is 3.17. The smallest absolute Gasteiger partial charge is 0.249 e. The number of fused-ring (bicyclic) bond motifs is 1. The van der Waals surface area contributed by atoms with Gasteiger partial charge in [-0.3, -0.25) is 14.4 Å². The van der Waals surface area contributed by atoms with E-state index >= 15 is 0 Å². The fourth-order valence-electron chi connectivity index (χ4n) is 4.14. The Hall–Kier alpha value is -2.48. The minimum absolute atomic E-state index is 0.0221. The predicted octanol–water partition coefficient (Wildman–Crippen LogP) is 0.566. The molecule has 0 bridgehead atoms. The third-order valence-corrected chi connectivity index (χ3v) is 5.28. The number of ether oxygens (including phenoxy) is 1. The predicted molar refractivity (Wildman–Crippen MR) is 95.0 cm³/mol. The molecular weight excluding hydrogens is 353 g/mol. The van der Waals surface area contributed by atoms with Gasteiger partial charge < -0.3 is 19.9 Å². The molecule has 2 saturated heterocycles. The average molecular weight is 377 g/mol. The van der Waals surface area contributed by atoms with Crippen LogP contribution in [0.1, 0.15) is 18.5 Å². The summed E-state index contributed by atoms with van der Waals surface area (Å²) in [5.74, 6) is -0.762. The Balaban J connectivity index is 1.80. The van der Waals surface area contributed by atoms with Crippen LogP contribution in [0.5, 0.6) is 0 Å². The molecule has 1 aromatic rings. The fourth-order valence-corrected chi connectivity index (χ4v) is 4.14. The number of benzene rings is 1. The van der Waals surface area contributed by atoms with Crippen LogP contribution in [0.4, 0.5) is 4.39 Å². The Kier molecular flexibility index (Phi) is 5.74. The van der Waals surface area contributed by atoms with Gasteiger partial charge in [0.2, 0.25) is 17.7 Å². The summed E-state index contributed by atoms with van der Waals surface area (Å²) in [6.45, 7) is 2.79. The van der Waals surface area contributed by atoms with Gasteiger partial charge >= 0.3 is 0 Å². The van der Waals surface area contributed by atoms with Gasteiger partial charge in [-0.15, -0.1) is 0 Å². The SMILES string of the molecule is COCC(=O)N1C[C@H]2CN(C(=O)CNC(C)=O)C[C@H]2[C@@H]1c1cccc(F)c1. The number of hydrogen-bond donors (Lipinski definition) is 1. The lowest BCUT2D eigenvalue weighted by Crippen LogP contribution is -2.41. The van der Waals surface area contributed by atoms with Gasteiger partial charge in [0.05, 0.1) is 12.6 Å². The molecule has 0 saturated carbocycles. The number of rotatable bonds is 5. The van der Waals surface area contributed by atoms with Crippen LogP contribution in [0, 0.1) is 17.7 Å². The Labute approximate surface area is 157 Å². The molecule has 0 aliphatic carbocycles. The molecule has 0 spiro atoms. The fraction of sp³-hybridized carbons (Fsp3) is 0.526. The maximum absolute atomic E-state index is 13.8. The van der Waals surface area contributed by atoms with Crippen molar-refractivity contribution in [3.05, 3.63) is 35.6 Å². The van der Waals surface area contributed by atoms with Crippen LogP contribution in [-0.4, -0.2) is 67.4 Å². The highest BCUT2D eigenvalue weighted by atomic mass is 19.1. The van der Waals surface area contributed by atoms with Crippen molar-refractivity contribution in [2.24, 2.45) is 11.8 Å². The van der Waals surface area contributed by atoms with Crippen LogP contribution in [-0.2, 0) is 19.1 Å². The maximum atomic E-state index is 13.8. The summed E-state index contributed by atoms with van der Waals surface area (Å²) in [6.07, 6.45) is 0. The summed E-state index contributed by atoms with van der Waals surface area (Å²) in [4.78, 5) is 39.4. The first-order chi connectivity index (χ1) is 12.9.